The van der Waals surface area contributed by atoms with Gasteiger partial charge in [-0.2, -0.15) is 0 Å². The quantitative estimate of drug-likeness (QED) is 0.673. The van der Waals surface area contributed by atoms with Gasteiger partial charge >= 0.3 is 0 Å². The standard InChI is InChI=1S/C25H29N3O3/c1-4-26-14-16-27(17-15-26)23-22(19-8-12-21(13-9-19)31-5-2)24(29)28(25(23)30)20-10-6-18(3)7-11-20/h6-13H,4-5,14-17H2,1-3H3. The third-order valence-corrected chi connectivity index (χ3v) is 5.94. The molecule has 0 radical (unpaired) electrons. The van der Waals surface area contributed by atoms with Crippen LogP contribution in [0.3, 0.4) is 0 Å². The SMILES string of the molecule is CCOc1ccc(C2=C(N3CCN(CC)CC3)C(=O)N(c3ccc(C)cc3)C2=O)cc1. The van der Waals surface area contributed by atoms with E-state index in [0.717, 1.165) is 49.6 Å². The molecule has 0 N–H and O–H groups in total. The Morgan fingerprint density at radius 1 is 0.839 bits per heavy atom. The average molecular weight is 420 g/mol. The molecular weight excluding hydrogens is 390 g/mol. The molecule has 2 aromatic rings. The molecule has 0 atom stereocenters. The van der Waals surface area contributed by atoms with Crippen molar-refractivity contribution in [3.05, 3.63) is 65.4 Å². The lowest BCUT2D eigenvalue weighted by Gasteiger charge is -2.36. The van der Waals surface area contributed by atoms with Crippen LogP contribution in [-0.4, -0.2) is 60.9 Å². The largest absolute Gasteiger partial charge is 0.494 e. The number of carbonyl (C=O) groups is 2. The molecule has 31 heavy (non-hydrogen) atoms. The maximum absolute atomic E-state index is 13.6. The maximum Gasteiger partial charge on any atom is 0.282 e. The Hall–Kier alpha value is -3.12. The van der Waals surface area contributed by atoms with Crippen molar-refractivity contribution >= 4 is 23.1 Å². The van der Waals surface area contributed by atoms with Crippen LogP contribution in [-0.2, 0) is 9.59 Å². The van der Waals surface area contributed by atoms with Gasteiger partial charge in [-0.05, 0) is 50.2 Å². The van der Waals surface area contributed by atoms with E-state index in [1.165, 1.54) is 4.90 Å². The predicted molar refractivity (Wildman–Crippen MR) is 122 cm³/mol. The molecule has 1 fully saturated rings. The van der Waals surface area contributed by atoms with Crippen molar-refractivity contribution in [1.29, 1.82) is 0 Å². The Morgan fingerprint density at radius 3 is 2.06 bits per heavy atom. The van der Waals surface area contributed by atoms with Gasteiger partial charge in [0.2, 0.25) is 0 Å². The van der Waals surface area contributed by atoms with E-state index in [0.29, 0.717) is 23.6 Å². The van der Waals surface area contributed by atoms with Crippen LogP contribution in [0.15, 0.2) is 54.2 Å². The van der Waals surface area contributed by atoms with Crippen LogP contribution in [0.4, 0.5) is 5.69 Å². The Morgan fingerprint density at radius 2 is 1.48 bits per heavy atom. The fraction of sp³-hybridized carbons (Fsp3) is 0.360. The number of aryl methyl sites for hydroxylation is 1. The molecule has 6 nitrogen and oxygen atoms in total. The third kappa shape index (κ3) is 4.08. The third-order valence-electron chi connectivity index (χ3n) is 5.94. The number of imide groups is 1. The van der Waals surface area contributed by atoms with E-state index in [2.05, 4.69) is 16.7 Å². The molecule has 2 aromatic carbocycles. The molecular formula is C25H29N3O3. The number of ether oxygens (including phenoxy) is 1. The minimum Gasteiger partial charge on any atom is -0.494 e. The first kappa shape index (κ1) is 21.1. The zero-order valence-corrected chi connectivity index (χ0v) is 18.4. The summed E-state index contributed by atoms with van der Waals surface area (Å²) in [5.41, 5.74) is 3.40. The molecule has 0 bridgehead atoms. The van der Waals surface area contributed by atoms with E-state index in [-0.39, 0.29) is 11.8 Å². The minimum absolute atomic E-state index is 0.248. The van der Waals surface area contributed by atoms with Crippen LogP contribution in [0.25, 0.3) is 5.57 Å². The molecule has 2 aliphatic heterocycles. The first-order valence-electron chi connectivity index (χ1n) is 10.9. The van der Waals surface area contributed by atoms with Crippen LogP contribution in [0.1, 0.15) is 25.0 Å². The van der Waals surface area contributed by atoms with Crippen molar-refractivity contribution in [1.82, 2.24) is 9.80 Å². The summed E-state index contributed by atoms with van der Waals surface area (Å²) in [5.74, 6) is 0.228. The summed E-state index contributed by atoms with van der Waals surface area (Å²) in [6.07, 6.45) is 0. The highest BCUT2D eigenvalue weighted by Crippen LogP contribution is 2.35. The van der Waals surface area contributed by atoms with E-state index in [1.807, 2.05) is 62.4 Å². The van der Waals surface area contributed by atoms with Crippen molar-refractivity contribution in [2.24, 2.45) is 0 Å². The van der Waals surface area contributed by atoms with Gasteiger partial charge in [0, 0.05) is 26.2 Å². The second kappa shape index (κ2) is 8.94. The Balaban J connectivity index is 1.74. The molecule has 162 valence electrons. The molecule has 0 saturated carbocycles. The van der Waals surface area contributed by atoms with Gasteiger partial charge in [0.25, 0.3) is 11.8 Å². The van der Waals surface area contributed by atoms with Crippen molar-refractivity contribution in [2.45, 2.75) is 20.8 Å². The van der Waals surface area contributed by atoms with Crippen LogP contribution >= 0.6 is 0 Å². The normalized spacial score (nSPS) is 17.6. The molecule has 6 heteroatoms. The highest BCUT2D eigenvalue weighted by Gasteiger charge is 2.42. The Bertz CT molecular complexity index is 988. The number of nitrogens with zero attached hydrogens (tertiary/aromatic N) is 3. The van der Waals surface area contributed by atoms with Gasteiger partial charge in [-0.1, -0.05) is 36.8 Å². The summed E-state index contributed by atoms with van der Waals surface area (Å²) in [6.45, 7) is 10.8. The molecule has 0 unspecified atom stereocenters. The summed E-state index contributed by atoms with van der Waals surface area (Å²) >= 11 is 0. The highest BCUT2D eigenvalue weighted by molar-refractivity contribution is 6.45. The smallest absolute Gasteiger partial charge is 0.282 e. The van der Waals surface area contributed by atoms with Crippen LogP contribution in [0.2, 0.25) is 0 Å². The fourth-order valence-electron chi connectivity index (χ4n) is 4.17. The number of amides is 2. The Labute approximate surface area is 183 Å². The maximum atomic E-state index is 13.6. The molecule has 2 heterocycles. The lowest BCUT2D eigenvalue weighted by Crippen LogP contribution is -2.47. The first-order valence-corrected chi connectivity index (χ1v) is 10.9. The fourth-order valence-corrected chi connectivity index (χ4v) is 4.17. The van der Waals surface area contributed by atoms with Gasteiger partial charge < -0.3 is 14.5 Å². The van der Waals surface area contributed by atoms with Crippen molar-refractivity contribution in [3.63, 3.8) is 0 Å². The summed E-state index contributed by atoms with van der Waals surface area (Å²) < 4.78 is 5.55. The number of hydrogen-bond acceptors (Lipinski definition) is 5. The van der Waals surface area contributed by atoms with Crippen molar-refractivity contribution in [3.8, 4) is 5.75 Å². The number of likely N-dealkylation sites (N-methyl/N-ethyl adjacent to an activating group) is 1. The van der Waals surface area contributed by atoms with Crippen LogP contribution in [0, 0.1) is 6.92 Å². The lowest BCUT2D eigenvalue weighted by molar-refractivity contribution is -0.120. The van der Waals surface area contributed by atoms with Crippen LogP contribution in [0.5, 0.6) is 5.75 Å². The average Bonchev–Trinajstić information content (AvgIpc) is 3.05. The van der Waals surface area contributed by atoms with E-state index in [4.69, 9.17) is 4.74 Å². The van der Waals surface area contributed by atoms with Crippen molar-refractivity contribution in [2.75, 3.05) is 44.2 Å². The van der Waals surface area contributed by atoms with Crippen molar-refractivity contribution < 1.29 is 14.3 Å². The van der Waals surface area contributed by atoms with Gasteiger partial charge in [-0.3, -0.25) is 9.59 Å². The number of carbonyl (C=O) groups excluding carboxylic acids is 2. The minimum atomic E-state index is -0.272. The van der Waals surface area contributed by atoms with Gasteiger partial charge in [-0.15, -0.1) is 0 Å². The summed E-state index contributed by atoms with van der Waals surface area (Å²) in [7, 11) is 0. The lowest BCUT2D eigenvalue weighted by atomic mass is 10.0. The summed E-state index contributed by atoms with van der Waals surface area (Å²) in [4.78, 5) is 32.9. The highest BCUT2D eigenvalue weighted by atomic mass is 16.5. The van der Waals surface area contributed by atoms with E-state index < -0.39 is 0 Å². The zero-order valence-electron chi connectivity index (χ0n) is 18.4. The molecule has 1 saturated heterocycles. The first-order chi connectivity index (χ1) is 15.0. The summed E-state index contributed by atoms with van der Waals surface area (Å²) in [6, 6.07) is 14.9. The molecule has 0 aliphatic carbocycles. The number of hydrogen-bond donors (Lipinski definition) is 0. The van der Waals surface area contributed by atoms with E-state index in [9.17, 15) is 9.59 Å². The van der Waals surface area contributed by atoms with Crippen LogP contribution < -0.4 is 9.64 Å². The number of rotatable bonds is 6. The van der Waals surface area contributed by atoms with Gasteiger partial charge in [-0.25, -0.2) is 4.90 Å². The molecule has 0 spiro atoms. The predicted octanol–water partition coefficient (Wildman–Crippen LogP) is 3.32. The number of benzene rings is 2. The second-order valence-electron chi connectivity index (χ2n) is 7.88. The Kier molecular flexibility index (Phi) is 6.09. The molecule has 0 aromatic heterocycles. The monoisotopic (exact) mass is 419 g/mol. The molecule has 2 aliphatic rings. The topological polar surface area (TPSA) is 53.1 Å². The second-order valence-corrected chi connectivity index (χ2v) is 7.88. The number of anilines is 1. The number of piperazine rings is 1. The zero-order chi connectivity index (χ0) is 22.0. The molecule has 2 amide bonds. The van der Waals surface area contributed by atoms with Gasteiger partial charge in [0.05, 0.1) is 17.9 Å². The van der Waals surface area contributed by atoms with E-state index >= 15 is 0 Å². The summed E-state index contributed by atoms with van der Waals surface area (Å²) in [5, 5.41) is 0. The van der Waals surface area contributed by atoms with E-state index in [1.54, 1.807) is 0 Å². The van der Waals surface area contributed by atoms with Gasteiger partial charge in [0.15, 0.2) is 0 Å². The molecule has 4 rings (SSSR count). The van der Waals surface area contributed by atoms with Gasteiger partial charge in [0.1, 0.15) is 11.4 Å².